The second-order valence-corrected chi connectivity index (χ2v) is 5.98. The van der Waals surface area contributed by atoms with Crippen molar-refractivity contribution >= 4 is 30.1 Å². The van der Waals surface area contributed by atoms with Gasteiger partial charge in [-0.05, 0) is 20.3 Å². The normalized spacial score (nSPS) is 18.4. The van der Waals surface area contributed by atoms with Crippen LogP contribution in [0.1, 0.15) is 23.4 Å². The van der Waals surface area contributed by atoms with E-state index in [0.29, 0.717) is 19.0 Å². The number of halogens is 1. The topological polar surface area (TPSA) is 67.2 Å². The van der Waals surface area contributed by atoms with Gasteiger partial charge in [-0.3, -0.25) is 4.79 Å². The number of carbonyl (C=O) groups excluding carboxylic acids is 1. The van der Waals surface area contributed by atoms with Crippen LogP contribution in [0.2, 0.25) is 0 Å². The summed E-state index contributed by atoms with van der Waals surface area (Å²) in [5, 5.41) is 10.2. The Hall–Kier alpha value is -0.720. The number of aromatic nitrogens is 1. The lowest BCUT2D eigenvalue weighted by Crippen LogP contribution is -2.41. The molecule has 2 N–H and O–H groups in total. The number of nitrogens with one attached hydrogen (secondary N) is 2. The van der Waals surface area contributed by atoms with E-state index in [9.17, 15) is 4.79 Å². The van der Waals surface area contributed by atoms with Crippen molar-refractivity contribution in [3.8, 4) is 0 Å². The van der Waals surface area contributed by atoms with E-state index < -0.39 is 0 Å². The molecule has 1 aromatic rings. The Balaban J connectivity index is 0.00000200. The van der Waals surface area contributed by atoms with E-state index in [2.05, 4.69) is 15.8 Å². The maximum absolute atomic E-state index is 11.8. The number of hydrogen-bond acceptors (Lipinski definition) is 5. The van der Waals surface area contributed by atoms with Gasteiger partial charge in [0.1, 0.15) is 5.76 Å². The molecular formula is C13H22ClN3O2S. The summed E-state index contributed by atoms with van der Waals surface area (Å²) in [6.45, 7) is 5.47. The van der Waals surface area contributed by atoms with Crippen LogP contribution in [0.3, 0.4) is 0 Å². The lowest BCUT2D eigenvalue weighted by molar-refractivity contribution is -0.121. The molecule has 20 heavy (non-hydrogen) atoms. The first-order valence-corrected chi connectivity index (χ1v) is 7.82. The Bertz CT molecular complexity index is 414. The predicted molar refractivity (Wildman–Crippen MR) is 83.7 cm³/mol. The summed E-state index contributed by atoms with van der Waals surface area (Å²) in [7, 11) is 0. The van der Waals surface area contributed by atoms with Crippen molar-refractivity contribution in [3.63, 3.8) is 0 Å². The van der Waals surface area contributed by atoms with Crippen LogP contribution in [0.15, 0.2) is 4.52 Å². The Morgan fingerprint density at radius 1 is 1.55 bits per heavy atom. The van der Waals surface area contributed by atoms with Crippen molar-refractivity contribution in [2.45, 2.75) is 32.7 Å². The fourth-order valence-electron chi connectivity index (χ4n) is 2.23. The molecule has 7 heteroatoms. The third-order valence-electron chi connectivity index (χ3n) is 3.31. The first-order valence-electron chi connectivity index (χ1n) is 6.66. The van der Waals surface area contributed by atoms with E-state index in [4.69, 9.17) is 4.52 Å². The lowest BCUT2D eigenvalue weighted by atomic mass is 10.1. The smallest absolute Gasteiger partial charge is 0.221 e. The maximum Gasteiger partial charge on any atom is 0.221 e. The van der Waals surface area contributed by atoms with Crippen molar-refractivity contribution in [3.05, 3.63) is 17.0 Å². The number of nitrogens with zero attached hydrogens (tertiary/aromatic N) is 1. The molecule has 1 amide bonds. The van der Waals surface area contributed by atoms with E-state index in [1.54, 1.807) is 0 Å². The number of hydrogen-bond donors (Lipinski definition) is 2. The van der Waals surface area contributed by atoms with Gasteiger partial charge < -0.3 is 15.2 Å². The van der Waals surface area contributed by atoms with Gasteiger partial charge >= 0.3 is 0 Å². The van der Waals surface area contributed by atoms with E-state index in [0.717, 1.165) is 41.5 Å². The molecule has 114 valence electrons. The molecule has 0 spiro atoms. The minimum Gasteiger partial charge on any atom is -0.361 e. The van der Waals surface area contributed by atoms with E-state index in [1.807, 2.05) is 25.6 Å². The van der Waals surface area contributed by atoms with E-state index >= 15 is 0 Å². The highest BCUT2D eigenvalue weighted by Gasteiger charge is 2.16. The number of aryl methyl sites for hydroxylation is 2. The van der Waals surface area contributed by atoms with Crippen molar-refractivity contribution < 1.29 is 9.32 Å². The fourth-order valence-corrected chi connectivity index (χ4v) is 3.18. The van der Waals surface area contributed by atoms with Gasteiger partial charge in [0, 0.05) is 42.6 Å². The number of rotatable bonds is 5. The highest BCUT2D eigenvalue weighted by atomic mass is 35.5. The number of carbonyl (C=O) groups is 1. The molecule has 0 saturated carbocycles. The summed E-state index contributed by atoms with van der Waals surface area (Å²) in [5.41, 5.74) is 2.02. The molecule has 5 nitrogen and oxygen atoms in total. The zero-order valence-corrected chi connectivity index (χ0v) is 13.5. The molecular weight excluding hydrogens is 298 g/mol. The van der Waals surface area contributed by atoms with Gasteiger partial charge in [0.2, 0.25) is 5.91 Å². The molecule has 1 aliphatic heterocycles. The van der Waals surface area contributed by atoms with Crippen LogP contribution in [0.5, 0.6) is 0 Å². The van der Waals surface area contributed by atoms with Crippen LogP contribution in [-0.4, -0.2) is 41.7 Å². The second-order valence-electron chi connectivity index (χ2n) is 4.83. The average Bonchev–Trinajstić information content (AvgIpc) is 2.71. The molecule has 0 aliphatic carbocycles. The Morgan fingerprint density at radius 3 is 2.95 bits per heavy atom. The van der Waals surface area contributed by atoms with Crippen LogP contribution in [0.4, 0.5) is 0 Å². The molecule has 2 heterocycles. The molecule has 1 atom stereocenters. The highest BCUT2D eigenvalue weighted by molar-refractivity contribution is 7.99. The Labute approximate surface area is 130 Å². The van der Waals surface area contributed by atoms with Gasteiger partial charge in [-0.2, -0.15) is 11.8 Å². The third kappa shape index (κ3) is 5.00. The monoisotopic (exact) mass is 319 g/mol. The largest absolute Gasteiger partial charge is 0.361 e. The summed E-state index contributed by atoms with van der Waals surface area (Å²) in [6, 6.07) is 0.317. The molecule has 1 saturated heterocycles. The summed E-state index contributed by atoms with van der Waals surface area (Å²) in [5.74, 6) is 3.13. The fraction of sp³-hybridized carbons (Fsp3) is 0.692. The predicted octanol–water partition coefficient (Wildman–Crippen LogP) is 1.47. The van der Waals surface area contributed by atoms with Gasteiger partial charge in [0.25, 0.3) is 0 Å². The average molecular weight is 320 g/mol. The zero-order valence-electron chi connectivity index (χ0n) is 11.9. The third-order valence-corrected chi connectivity index (χ3v) is 4.44. The SMILES string of the molecule is Cc1noc(C)c1CCNC(=O)CC1CSCCN1.Cl. The standard InChI is InChI=1S/C13H21N3O2S.ClH/c1-9-12(10(2)18-16-9)3-4-15-13(17)7-11-8-19-6-5-14-11;/h11,14H,3-8H2,1-2H3,(H,15,17);1H. The van der Waals surface area contributed by atoms with Crippen LogP contribution < -0.4 is 10.6 Å². The molecule has 0 aromatic carbocycles. The molecule has 1 unspecified atom stereocenters. The molecule has 1 aliphatic rings. The first-order chi connectivity index (χ1) is 9.16. The quantitative estimate of drug-likeness (QED) is 0.860. The second kappa shape index (κ2) is 8.54. The summed E-state index contributed by atoms with van der Waals surface area (Å²) in [6.07, 6.45) is 1.34. The maximum atomic E-state index is 11.8. The van der Waals surface area contributed by atoms with Gasteiger partial charge in [-0.15, -0.1) is 12.4 Å². The highest BCUT2D eigenvalue weighted by Crippen LogP contribution is 2.12. The molecule has 2 rings (SSSR count). The summed E-state index contributed by atoms with van der Waals surface area (Å²) < 4.78 is 5.10. The number of thioether (sulfide) groups is 1. The molecule has 1 fully saturated rings. The zero-order chi connectivity index (χ0) is 13.7. The van der Waals surface area contributed by atoms with Gasteiger partial charge in [0.15, 0.2) is 0 Å². The number of amides is 1. The molecule has 0 bridgehead atoms. The van der Waals surface area contributed by atoms with Crippen molar-refractivity contribution in [1.82, 2.24) is 15.8 Å². The van der Waals surface area contributed by atoms with Gasteiger partial charge in [-0.1, -0.05) is 5.16 Å². The summed E-state index contributed by atoms with van der Waals surface area (Å²) >= 11 is 1.91. The Kier molecular flexibility index (Phi) is 7.40. The van der Waals surface area contributed by atoms with Crippen LogP contribution in [0, 0.1) is 13.8 Å². The molecule has 0 radical (unpaired) electrons. The van der Waals surface area contributed by atoms with Crippen LogP contribution in [0.25, 0.3) is 0 Å². The lowest BCUT2D eigenvalue weighted by Gasteiger charge is -2.22. The Morgan fingerprint density at radius 2 is 2.35 bits per heavy atom. The first kappa shape index (κ1) is 17.3. The van der Waals surface area contributed by atoms with E-state index in [1.165, 1.54) is 0 Å². The van der Waals surface area contributed by atoms with Crippen LogP contribution >= 0.6 is 24.2 Å². The minimum absolute atomic E-state index is 0. The minimum atomic E-state index is 0. The summed E-state index contributed by atoms with van der Waals surface area (Å²) in [4.78, 5) is 11.8. The van der Waals surface area contributed by atoms with Gasteiger partial charge in [-0.25, -0.2) is 0 Å². The van der Waals surface area contributed by atoms with E-state index in [-0.39, 0.29) is 18.3 Å². The van der Waals surface area contributed by atoms with Crippen LogP contribution in [-0.2, 0) is 11.2 Å². The van der Waals surface area contributed by atoms with Crippen molar-refractivity contribution in [2.24, 2.45) is 0 Å². The van der Waals surface area contributed by atoms with Gasteiger partial charge in [0.05, 0.1) is 5.69 Å². The molecule has 1 aromatic heterocycles. The van der Waals surface area contributed by atoms with Crippen molar-refractivity contribution in [1.29, 1.82) is 0 Å². The van der Waals surface area contributed by atoms with Crippen molar-refractivity contribution in [2.75, 3.05) is 24.6 Å².